The number of likely N-dealkylation sites (tertiary alicyclic amines) is 1. The van der Waals surface area contributed by atoms with E-state index in [0.29, 0.717) is 6.42 Å². The summed E-state index contributed by atoms with van der Waals surface area (Å²) >= 11 is 0. The molecular weight excluding hydrogens is 166 g/mol. The fourth-order valence-corrected chi connectivity index (χ4v) is 1.83. The normalized spacial score (nSPS) is 29.8. The first-order valence-electron chi connectivity index (χ1n) is 4.44. The number of hydrogen-bond acceptors (Lipinski definition) is 3. The van der Waals surface area contributed by atoms with Gasteiger partial charge in [-0.1, -0.05) is 0 Å². The van der Waals surface area contributed by atoms with Crippen molar-refractivity contribution in [1.82, 2.24) is 4.90 Å². The first kappa shape index (κ1) is 8.51. The Morgan fingerprint density at radius 2 is 2.38 bits per heavy atom. The molecule has 3 nitrogen and oxygen atoms in total. The van der Waals surface area contributed by atoms with Crippen molar-refractivity contribution in [3.8, 4) is 0 Å². The van der Waals surface area contributed by atoms with Crippen LogP contribution in [0.1, 0.15) is 19.1 Å². The van der Waals surface area contributed by atoms with Crippen molar-refractivity contribution < 1.29 is 9.21 Å². The molecule has 1 aliphatic heterocycles. The lowest BCUT2D eigenvalue weighted by Crippen LogP contribution is -2.40. The second-order valence-corrected chi connectivity index (χ2v) is 3.64. The van der Waals surface area contributed by atoms with Gasteiger partial charge in [0.15, 0.2) is 5.78 Å². The van der Waals surface area contributed by atoms with E-state index in [2.05, 4.69) is 0 Å². The molecule has 1 aliphatic rings. The van der Waals surface area contributed by atoms with Crippen LogP contribution in [0, 0.1) is 0 Å². The molecule has 0 aromatic carbocycles. The van der Waals surface area contributed by atoms with Crippen molar-refractivity contribution >= 4 is 5.78 Å². The molecule has 70 valence electrons. The van der Waals surface area contributed by atoms with Crippen LogP contribution in [0.2, 0.25) is 0 Å². The van der Waals surface area contributed by atoms with Crippen LogP contribution in [0.25, 0.3) is 0 Å². The van der Waals surface area contributed by atoms with Crippen molar-refractivity contribution in [3.05, 3.63) is 24.2 Å². The molecule has 3 heteroatoms. The van der Waals surface area contributed by atoms with Crippen molar-refractivity contribution in [2.24, 2.45) is 0 Å². The van der Waals surface area contributed by atoms with Gasteiger partial charge in [-0.3, -0.25) is 9.69 Å². The van der Waals surface area contributed by atoms with Crippen molar-refractivity contribution in [2.75, 3.05) is 13.6 Å². The number of carbonyl (C=O) groups excluding carboxylic acids is 1. The number of Topliss-reactive ketones (excluding diaryl/α,β-unsaturated/α-hetero) is 1. The minimum absolute atomic E-state index is 0.241. The van der Waals surface area contributed by atoms with Gasteiger partial charge in [0.25, 0.3) is 0 Å². The first-order chi connectivity index (χ1) is 6.15. The topological polar surface area (TPSA) is 33.5 Å². The second kappa shape index (κ2) is 2.70. The summed E-state index contributed by atoms with van der Waals surface area (Å²) in [5.41, 5.74) is -0.538. The van der Waals surface area contributed by atoms with Crippen molar-refractivity contribution in [1.29, 1.82) is 0 Å². The number of nitrogens with zero attached hydrogens (tertiary/aromatic N) is 1. The Morgan fingerprint density at radius 1 is 1.62 bits per heavy atom. The average Bonchev–Trinajstić information content (AvgIpc) is 2.70. The molecule has 0 amide bonds. The third-order valence-corrected chi connectivity index (χ3v) is 2.98. The molecule has 2 heterocycles. The average molecular weight is 179 g/mol. The lowest BCUT2D eigenvalue weighted by Gasteiger charge is -2.27. The predicted octanol–water partition coefficient (Wildman–Crippen LogP) is 1.40. The van der Waals surface area contributed by atoms with Gasteiger partial charge < -0.3 is 4.42 Å². The maximum absolute atomic E-state index is 11.7. The Bertz CT molecular complexity index is 318. The third-order valence-electron chi connectivity index (χ3n) is 2.98. The lowest BCUT2D eigenvalue weighted by molar-refractivity contribution is -0.125. The highest BCUT2D eigenvalue weighted by molar-refractivity contribution is 5.90. The van der Waals surface area contributed by atoms with Crippen LogP contribution in [-0.4, -0.2) is 24.3 Å². The van der Waals surface area contributed by atoms with E-state index in [1.807, 2.05) is 31.0 Å². The molecule has 1 atom stereocenters. The Kier molecular flexibility index (Phi) is 1.77. The summed E-state index contributed by atoms with van der Waals surface area (Å²) in [6.45, 7) is 2.73. The summed E-state index contributed by atoms with van der Waals surface area (Å²) in [4.78, 5) is 13.7. The number of rotatable bonds is 1. The van der Waals surface area contributed by atoms with Crippen molar-refractivity contribution in [2.45, 2.75) is 18.9 Å². The highest BCUT2D eigenvalue weighted by Gasteiger charge is 2.45. The molecule has 1 saturated heterocycles. The zero-order valence-electron chi connectivity index (χ0n) is 7.91. The molecule has 0 spiro atoms. The Balaban J connectivity index is 2.44. The van der Waals surface area contributed by atoms with E-state index < -0.39 is 5.54 Å². The summed E-state index contributed by atoms with van der Waals surface area (Å²) in [5, 5.41) is 0. The SMILES string of the molecule is CN1CCC(=O)C1(C)c1ccco1. The molecule has 2 rings (SSSR count). The van der Waals surface area contributed by atoms with Gasteiger partial charge >= 0.3 is 0 Å². The Hall–Kier alpha value is -1.09. The molecule has 1 aromatic rings. The maximum atomic E-state index is 11.7. The van der Waals surface area contributed by atoms with Gasteiger partial charge in [0.05, 0.1) is 6.26 Å². The molecule has 0 radical (unpaired) electrons. The zero-order valence-corrected chi connectivity index (χ0v) is 7.91. The van der Waals surface area contributed by atoms with Gasteiger partial charge in [0.1, 0.15) is 11.3 Å². The van der Waals surface area contributed by atoms with Gasteiger partial charge in [-0.25, -0.2) is 0 Å². The number of ketones is 1. The van der Waals surface area contributed by atoms with Gasteiger partial charge in [0, 0.05) is 13.0 Å². The minimum atomic E-state index is -0.538. The third kappa shape index (κ3) is 1.04. The summed E-state index contributed by atoms with van der Waals surface area (Å²) in [5.74, 6) is 0.988. The number of carbonyl (C=O) groups is 1. The molecular formula is C10H13NO2. The second-order valence-electron chi connectivity index (χ2n) is 3.64. The highest BCUT2D eigenvalue weighted by atomic mass is 16.3. The van der Waals surface area contributed by atoms with Crippen LogP contribution in [0.4, 0.5) is 0 Å². The van der Waals surface area contributed by atoms with E-state index in [0.717, 1.165) is 12.3 Å². The Morgan fingerprint density at radius 3 is 2.85 bits per heavy atom. The number of hydrogen-bond donors (Lipinski definition) is 0. The fourth-order valence-electron chi connectivity index (χ4n) is 1.83. The van der Waals surface area contributed by atoms with Crippen LogP contribution in [0.5, 0.6) is 0 Å². The summed E-state index contributed by atoms with van der Waals surface area (Å²) in [6, 6.07) is 3.68. The highest BCUT2D eigenvalue weighted by Crippen LogP contribution is 2.34. The van der Waals surface area contributed by atoms with Crippen LogP contribution in [0.15, 0.2) is 22.8 Å². The van der Waals surface area contributed by atoms with E-state index >= 15 is 0 Å². The monoisotopic (exact) mass is 179 g/mol. The van der Waals surface area contributed by atoms with E-state index in [-0.39, 0.29) is 5.78 Å². The van der Waals surface area contributed by atoms with Crippen LogP contribution >= 0.6 is 0 Å². The minimum Gasteiger partial charge on any atom is -0.467 e. The van der Waals surface area contributed by atoms with E-state index in [1.54, 1.807) is 6.26 Å². The quantitative estimate of drug-likeness (QED) is 0.653. The zero-order chi connectivity index (χ0) is 9.47. The lowest BCUT2D eigenvalue weighted by atomic mass is 9.95. The maximum Gasteiger partial charge on any atom is 0.161 e. The summed E-state index contributed by atoms with van der Waals surface area (Å²) < 4.78 is 5.30. The Labute approximate surface area is 77.3 Å². The van der Waals surface area contributed by atoms with Crippen LogP contribution in [0.3, 0.4) is 0 Å². The standard InChI is InChI=1S/C10H13NO2/c1-10(9-4-3-7-13-9)8(12)5-6-11(10)2/h3-4,7H,5-6H2,1-2H3. The predicted molar refractivity (Wildman–Crippen MR) is 48.3 cm³/mol. The molecule has 1 aromatic heterocycles. The summed E-state index contributed by atoms with van der Waals surface area (Å²) in [6.07, 6.45) is 2.23. The van der Waals surface area contributed by atoms with Gasteiger partial charge in [-0.15, -0.1) is 0 Å². The molecule has 1 fully saturated rings. The molecule has 0 saturated carbocycles. The molecule has 1 unspecified atom stereocenters. The van der Waals surface area contributed by atoms with Gasteiger partial charge in [-0.05, 0) is 26.1 Å². The summed E-state index contributed by atoms with van der Waals surface area (Å²) in [7, 11) is 1.95. The van der Waals surface area contributed by atoms with Crippen LogP contribution in [-0.2, 0) is 10.3 Å². The molecule has 0 N–H and O–H groups in total. The fraction of sp³-hybridized carbons (Fsp3) is 0.500. The van der Waals surface area contributed by atoms with E-state index in [1.165, 1.54) is 0 Å². The molecule has 13 heavy (non-hydrogen) atoms. The molecule has 0 aliphatic carbocycles. The van der Waals surface area contributed by atoms with Gasteiger partial charge in [-0.2, -0.15) is 0 Å². The smallest absolute Gasteiger partial charge is 0.161 e. The largest absolute Gasteiger partial charge is 0.467 e. The van der Waals surface area contributed by atoms with Crippen LogP contribution < -0.4 is 0 Å². The number of likely N-dealkylation sites (N-methyl/N-ethyl adjacent to an activating group) is 1. The number of furan rings is 1. The molecule has 0 bridgehead atoms. The van der Waals surface area contributed by atoms with E-state index in [9.17, 15) is 4.79 Å². The first-order valence-corrected chi connectivity index (χ1v) is 4.44. The van der Waals surface area contributed by atoms with E-state index in [4.69, 9.17) is 4.42 Å². The van der Waals surface area contributed by atoms with Gasteiger partial charge in [0.2, 0.25) is 0 Å². The van der Waals surface area contributed by atoms with Crippen molar-refractivity contribution in [3.63, 3.8) is 0 Å².